The third kappa shape index (κ3) is 5.49. The Hall–Kier alpha value is -3.56. The van der Waals surface area contributed by atoms with Gasteiger partial charge in [0.05, 0.1) is 31.9 Å². The summed E-state index contributed by atoms with van der Waals surface area (Å²) in [7, 11) is 2.29. The number of nitrogens with one attached hydrogen (secondary N) is 1. The van der Waals surface area contributed by atoms with Crippen LogP contribution in [-0.2, 0) is 16.6 Å². The van der Waals surface area contributed by atoms with Gasteiger partial charge in [0.15, 0.2) is 0 Å². The number of carbonyl (C=O) groups is 1. The molecule has 0 aromatic heterocycles. The number of hydrogen-bond acceptors (Lipinski definition) is 6. The van der Waals surface area contributed by atoms with Crippen LogP contribution in [0.1, 0.15) is 21.5 Å². The van der Waals surface area contributed by atoms with Gasteiger partial charge in [-0.05, 0) is 49.4 Å². The van der Waals surface area contributed by atoms with Gasteiger partial charge in [-0.3, -0.25) is 4.79 Å². The van der Waals surface area contributed by atoms with Gasteiger partial charge in [0.1, 0.15) is 17.2 Å². The van der Waals surface area contributed by atoms with E-state index < -0.39 is 10.0 Å². The van der Waals surface area contributed by atoms with Crippen molar-refractivity contribution in [1.29, 1.82) is 0 Å². The van der Waals surface area contributed by atoms with Gasteiger partial charge in [-0.25, -0.2) is 8.42 Å². The first-order chi connectivity index (χ1) is 16.2. The fourth-order valence-corrected chi connectivity index (χ4v) is 4.51. The van der Waals surface area contributed by atoms with Crippen LogP contribution >= 0.6 is 0 Å². The molecule has 0 saturated carbocycles. The highest BCUT2D eigenvalue weighted by molar-refractivity contribution is 7.89. The highest BCUT2D eigenvalue weighted by Gasteiger charge is 2.23. The number of benzene rings is 3. The van der Waals surface area contributed by atoms with E-state index in [1.165, 1.54) is 32.7 Å². The maximum atomic E-state index is 13.0. The summed E-state index contributed by atoms with van der Waals surface area (Å²) >= 11 is 0. The minimum atomic E-state index is -3.73. The normalized spacial score (nSPS) is 11.2. The quantitative estimate of drug-likeness (QED) is 0.492. The Labute approximate surface area is 200 Å². The zero-order valence-corrected chi connectivity index (χ0v) is 20.6. The molecule has 9 heteroatoms. The van der Waals surface area contributed by atoms with Crippen LogP contribution in [0.25, 0.3) is 0 Å². The van der Waals surface area contributed by atoms with Crippen molar-refractivity contribution >= 4 is 21.6 Å². The fourth-order valence-electron chi connectivity index (χ4n) is 3.36. The monoisotopic (exact) mass is 484 g/mol. The molecule has 0 heterocycles. The molecule has 3 rings (SSSR count). The largest absolute Gasteiger partial charge is 0.497 e. The molecule has 0 bridgehead atoms. The molecular weight excluding hydrogens is 456 g/mol. The first kappa shape index (κ1) is 25.1. The second-order valence-electron chi connectivity index (χ2n) is 7.62. The van der Waals surface area contributed by atoms with E-state index in [9.17, 15) is 13.2 Å². The second kappa shape index (κ2) is 10.6. The summed E-state index contributed by atoms with van der Waals surface area (Å²) in [4.78, 5) is 13.2. The van der Waals surface area contributed by atoms with E-state index in [-0.39, 0.29) is 17.3 Å². The van der Waals surface area contributed by atoms with Gasteiger partial charge < -0.3 is 19.5 Å². The Morgan fingerprint density at radius 3 is 2.15 bits per heavy atom. The first-order valence-electron chi connectivity index (χ1n) is 10.4. The lowest BCUT2D eigenvalue weighted by Crippen LogP contribution is -2.27. The van der Waals surface area contributed by atoms with Gasteiger partial charge in [-0.15, -0.1) is 0 Å². The number of nitrogens with zero attached hydrogens (tertiary/aromatic N) is 1. The van der Waals surface area contributed by atoms with Crippen molar-refractivity contribution in [3.63, 3.8) is 0 Å². The van der Waals surface area contributed by atoms with E-state index in [2.05, 4.69) is 5.32 Å². The van der Waals surface area contributed by atoms with Crippen molar-refractivity contribution < 1.29 is 27.4 Å². The number of carbonyl (C=O) groups excluding carboxylic acids is 1. The van der Waals surface area contributed by atoms with Crippen LogP contribution in [0, 0.1) is 6.92 Å². The Balaban J connectivity index is 1.87. The maximum absolute atomic E-state index is 13.0. The third-order valence-corrected chi connectivity index (χ3v) is 7.14. The van der Waals surface area contributed by atoms with Crippen molar-refractivity contribution in [3.05, 3.63) is 77.4 Å². The van der Waals surface area contributed by atoms with E-state index in [0.717, 1.165) is 5.56 Å². The summed E-state index contributed by atoms with van der Waals surface area (Å²) in [6, 6.07) is 16.6. The lowest BCUT2D eigenvalue weighted by molar-refractivity contribution is 0.102. The van der Waals surface area contributed by atoms with E-state index in [1.807, 2.05) is 6.92 Å². The summed E-state index contributed by atoms with van der Waals surface area (Å²) in [5.74, 6) is 1.13. The molecule has 0 saturated heterocycles. The summed E-state index contributed by atoms with van der Waals surface area (Å²) < 4.78 is 43.2. The predicted octanol–water partition coefficient (Wildman–Crippen LogP) is 4.09. The summed E-state index contributed by atoms with van der Waals surface area (Å²) in [6.07, 6.45) is 0. The zero-order chi connectivity index (χ0) is 24.9. The molecular formula is C25H28N2O6S. The number of rotatable bonds is 9. The molecule has 0 spiro atoms. The summed E-state index contributed by atoms with van der Waals surface area (Å²) in [6.45, 7) is 1.91. The number of amides is 1. The Bertz CT molecular complexity index is 1270. The van der Waals surface area contributed by atoms with Crippen LogP contribution in [0.4, 0.5) is 5.69 Å². The molecule has 0 unspecified atom stereocenters. The van der Waals surface area contributed by atoms with Crippen LogP contribution in [0.2, 0.25) is 0 Å². The minimum absolute atomic E-state index is 0.0168. The van der Waals surface area contributed by atoms with Crippen LogP contribution in [0.15, 0.2) is 65.6 Å². The lowest BCUT2D eigenvalue weighted by atomic mass is 10.1. The molecule has 0 aliphatic heterocycles. The SMILES string of the molecule is COc1ccc(OC)c(NC(=O)c2ccc(OC)c(CN(C)S(=O)(=O)c3ccc(C)cc3)c2)c1. The van der Waals surface area contributed by atoms with Crippen molar-refractivity contribution in [1.82, 2.24) is 4.31 Å². The van der Waals surface area contributed by atoms with Gasteiger partial charge in [-0.1, -0.05) is 17.7 Å². The topological polar surface area (TPSA) is 94.2 Å². The molecule has 1 amide bonds. The number of sulfonamides is 1. The molecule has 1 N–H and O–H groups in total. The van der Waals surface area contributed by atoms with E-state index in [1.54, 1.807) is 60.7 Å². The van der Waals surface area contributed by atoms with Crippen LogP contribution in [0.5, 0.6) is 17.2 Å². The standard InChI is InChI=1S/C25H28N2O6S/c1-17-6-10-21(11-7-17)34(29,30)27(2)16-19-14-18(8-12-23(19)32-4)25(28)26-22-15-20(31-3)9-13-24(22)33-5/h6-15H,16H2,1-5H3,(H,26,28). The number of aryl methyl sites for hydroxylation is 1. The van der Waals surface area contributed by atoms with Gasteiger partial charge in [0.25, 0.3) is 5.91 Å². The van der Waals surface area contributed by atoms with Crippen molar-refractivity contribution in [2.24, 2.45) is 0 Å². The highest BCUT2D eigenvalue weighted by atomic mass is 32.2. The molecule has 180 valence electrons. The van der Waals surface area contributed by atoms with Crippen LogP contribution < -0.4 is 19.5 Å². The highest BCUT2D eigenvalue weighted by Crippen LogP contribution is 2.30. The molecule has 0 atom stereocenters. The van der Waals surface area contributed by atoms with E-state index >= 15 is 0 Å². The number of hydrogen-bond donors (Lipinski definition) is 1. The van der Waals surface area contributed by atoms with Gasteiger partial charge in [0, 0.05) is 30.8 Å². The molecule has 0 fully saturated rings. The minimum Gasteiger partial charge on any atom is -0.497 e. The number of methoxy groups -OCH3 is 3. The second-order valence-corrected chi connectivity index (χ2v) is 9.67. The van der Waals surface area contributed by atoms with E-state index in [4.69, 9.17) is 14.2 Å². The Morgan fingerprint density at radius 1 is 0.882 bits per heavy atom. The molecule has 0 radical (unpaired) electrons. The summed E-state index contributed by atoms with van der Waals surface area (Å²) in [5, 5.41) is 2.82. The average molecular weight is 485 g/mol. The Morgan fingerprint density at radius 2 is 1.53 bits per heavy atom. The smallest absolute Gasteiger partial charge is 0.255 e. The third-order valence-electron chi connectivity index (χ3n) is 5.32. The van der Waals surface area contributed by atoms with Gasteiger partial charge in [0.2, 0.25) is 10.0 Å². The van der Waals surface area contributed by atoms with Gasteiger partial charge in [-0.2, -0.15) is 4.31 Å². The molecule has 8 nitrogen and oxygen atoms in total. The predicted molar refractivity (Wildman–Crippen MR) is 130 cm³/mol. The molecule has 0 aliphatic carbocycles. The van der Waals surface area contributed by atoms with E-state index in [0.29, 0.717) is 34.1 Å². The molecule has 3 aromatic carbocycles. The maximum Gasteiger partial charge on any atom is 0.255 e. The summed E-state index contributed by atoms with van der Waals surface area (Å²) in [5.41, 5.74) is 2.30. The molecule has 0 aliphatic rings. The van der Waals surface area contributed by atoms with Crippen molar-refractivity contribution in [3.8, 4) is 17.2 Å². The average Bonchev–Trinajstić information content (AvgIpc) is 2.84. The van der Waals surface area contributed by atoms with Gasteiger partial charge >= 0.3 is 0 Å². The molecule has 34 heavy (non-hydrogen) atoms. The lowest BCUT2D eigenvalue weighted by Gasteiger charge is -2.19. The number of ether oxygens (including phenoxy) is 3. The van der Waals surface area contributed by atoms with Crippen LogP contribution in [-0.4, -0.2) is 47.0 Å². The zero-order valence-electron chi connectivity index (χ0n) is 19.8. The van der Waals surface area contributed by atoms with Crippen LogP contribution in [0.3, 0.4) is 0 Å². The first-order valence-corrected chi connectivity index (χ1v) is 11.9. The Kier molecular flexibility index (Phi) is 7.80. The van der Waals surface area contributed by atoms with Crippen molar-refractivity contribution in [2.75, 3.05) is 33.7 Å². The van der Waals surface area contributed by atoms with Crippen molar-refractivity contribution in [2.45, 2.75) is 18.4 Å². The number of anilines is 1. The molecule has 3 aromatic rings. The fraction of sp³-hybridized carbons (Fsp3) is 0.240.